The first kappa shape index (κ1) is 34.2. The molecule has 0 spiro atoms. The Labute approximate surface area is 272 Å². The van der Waals surface area contributed by atoms with E-state index in [0.29, 0.717) is 34.6 Å². The van der Waals surface area contributed by atoms with Gasteiger partial charge >= 0.3 is 29.6 Å². The number of hydrogen-bond donors (Lipinski definition) is 3. The second-order valence-corrected chi connectivity index (χ2v) is 10.6. The van der Waals surface area contributed by atoms with E-state index in [2.05, 4.69) is 10.3 Å². The van der Waals surface area contributed by atoms with Crippen molar-refractivity contribution in [3.05, 3.63) is 102 Å². The van der Waals surface area contributed by atoms with E-state index in [1.165, 1.54) is 12.1 Å². The number of carboxylic acid groups (broad SMARTS) is 1. The fourth-order valence-corrected chi connectivity index (χ4v) is 5.24. The minimum Gasteiger partial charge on any atom is -0.550 e. The fourth-order valence-electron chi connectivity index (χ4n) is 5.24. The second-order valence-electron chi connectivity index (χ2n) is 10.6. The van der Waals surface area contributed by atoms with Crippen molar-refractivity contribution >= 4 is 11.9 Å². The van der Waals surface area contributed by atoms with Crippen LogP contribution in [0.4, 0.5) is 4.39 Å². The summed E-state index contributed by atoms with van der Waals surface area (Å²) >= 11 is 0. The maximum Gasteiger partial charge on any atom is 1.00 e. The van der Waals surface area contributed by atoms with Gasteiger partial charge in [-0.1, -0.05) is 48.5 Å². The van der Waals surface area contributed by atoms with Crippen LogP contribution in [0.5, 0.6) is 0 Å². The van der Waals surface area contributed by atoms with Crippen molar-refractivity contribution in [2.75, 3.05) is 0 Å². The van der Waals surface area contributed by atoms with E-state index >= 15 is 0 Å². The van der Waals surface area contributed by atoms with E-state index in [0.717, 1.165) is 11.3 Å². The van der Waals surface area contributed by atoms with E-state index in [1.54, 1.807) is 24.4 Å². The Kier molecular flexibility index (Phi) is 12.7. The molecule has 10 heteroatoms. The smallest absolute Gasteiger partial charge is 0.550 e. The minimum absolute atomic E-state index is 0. The Balaban J connectivity index is 0.00000506. The molecule has 0 aliphatic rings. The zero-order chi connectivity index (χ0) is 30.2. The Bertz CT molecular complexity index is 1490. The summed E-state index contributed by atoms with van der Waals surface area (Å²) in [5, 5.41) is 34.6. The van der Waals surface area contributed by atoms with Gasteiger partial charge < -0.3 is 30.0 Å². The van der Waals surface area contributed by atoms with Crippen LogP contribution in [-0.2, 0) is 17.8 Å². The van der Waals surface area contributed by atoms with Gasteiger partial charge in [-0.3, -0.25) is 9.78 Å². The van der Waals surface area contributed by atoms with Crippen LogP contribution in [0.25, 0.3) is 22.4 Å². The van der Waals surface area contributed by atoms with Crippen molar-refractivity contribution in [2.45, 2.75) is 64.3 Å². The van der Waals surface area contributed by atoms with Crippen LogP contribution in [0.3, 0.4) is 0 Å². The first-order chi connectivity index (χ1) is 20.2. The molecule has 0 saturated carbocycles. The van der Waals surface area contributed by atoms with Gasteiger partial charge in [0.25, 0.3) is 5.91 Å². The molecule has 2 aromatic heterocycles. The molecule has 0 aliphatic carbocycles. The van der Waals surface area contributed by atoms with E-state index in [1.807, 2.05) is 60.9 Å². The van der Waals surface area contributed by atoms with Gasteiger partial charge in [-0.25, -0.2) is 4.39 Å². The van der Waals surface area contributed by atoms with Crippen LogP contribution >= 0.6 is 0 Å². The molecule has 4 aromatic rings. The summed E-state index contributed by atoms with van der Waals surface area (Å²) in [6, 6.07) is 20.8. The summed E-state index contributed by atoms with van der Waals surface area (Å²) in [5.41, 5.74) is 4.57. The molecule has 8 nitrogen and oxygen atoms in total. The molecule has 0 aliphatic heterocycles. The van der Waals surface area contributed by atoms with E-state index in [-0.39, 0.29) is 60.8 Å². The van der Waals surface area contributed by atoms with Crippen LogP contribution in [0.15, 0.2) is 79.0 Å². The van der Waals surface area contributed by atoms with Gasteiger partial charge in [-0.2, -0.15) is 0 Å². The average molecular weight is 596 g/mol. The van der Waals surface area contributed by atoms with E-state index in [4.69, 9.17) is 0 Å². The quantitative estimate of drug-likeness (QED) is 0.199. The summed E-state index contributed by atoms with van der Waals surface area (Å²) in [6.07, 6.45) is -0.858. The van der Waals surface area contributed by atoms with Gasteiger partial charge in [-0.15, -0.1) is 0 Å². The van der Waals surface area contributed by atoms with Crippen LogP contribution in [0, 0.1) is 5.82 Å². The van der Waals surface area contributed by atoms with Crippen molar-refractivity contribution in [1.29, 1.82) is 0 Å². The number of hydrogen-bond acceptors (Lipinski definition) is 6. The van der Waals surface area contributed by atoms with Crippen molar-refractivity contribution < 1.29 is 58.9 Å². The van der Waals surface area contributed by atoms with Crippen LogP contribution in [-0.4, -0.2) is 43.8 Å². The number of carbonyl (C=O) groups is 2. The van der Waals surface area contributed by atoms with Gasteiger partial charge in [-0.05, 0) is 68.5 Å². The molecule has 2 heterocycles. The van der Waals surface area contributed by atoms with E-state index in [9.17, 15) is 29.3 Å². The molecular formula is C33H35FN3NaO5. The van der Waals surface area contributed by atoms with Crippen molar-refractivity contribution in [1.82, 2.24) is 14.9 Å². The predicted octanol–water partition coefficient (Wildman–Crippen LogP) is 1.06. The number of aromatic nitrogens is 2. The molecule has 0 radical (unpaired) electrons. The number of nitrogens with one attached hydrogen (secondary N) is 1. The number of carbonyl (C=O) groups excluding carboxylic acids is 2. The Morgan fingerprint density at radius 3 is 2.23 bits per heavy atom. The molecule has 0 bridgehead atoms. The van der Waals surface area contributed by atoms with Gasteiger partial charge in [0.2, 0.25) is 0 Å². The molecule has 2 atom stereocenters. The van der Waals surface area contributed by atoms with E-state index < -0.39 is 30.4 Å². The molecule has 220 valence electrons. The molecule has 43 heavy (non-hydrogen) atoms. The third kappa shape index (κ3) is 8.84. The number of nitrogens with zero attached hydrogens (tertiary/aromatic N) is 2. The maximum absolute atomic E-state index is 14.0. The molecule has 3 N–H and O–H groups in total. The van der Waals surface area contributed by atoms with Gasteiger partial charge in [0, 0.05) is 48.0 Å². The SMILES string of the molecule is CC(C)n1c(CC[C@@H](O)C[C@@H](O)CC(=O)[O-])c(-c2ccc(F)cc2)c(-c2ccccn2)c1C(=O)NCc1ccccc1.[Na+]. The number of benzene rings is 2. The minimum atomic E-state index is -1.40. The summed E-state index contributed by atoms with van der Waals surface area (Å²) in [4.78, 5) is 29.5. The first-order valence-corrected chi connectivity index (χ1v) is 14.0. The third-order valence-corrected chi connectivity index (χ3v) is 7.05. The summed E-state index contributed by atoms with van der Waals surface area (Å²) in [6.45, 7) is 4.21. The third-order valence-electron chi connectivity index (χ3n) is 7.05. The zero-order valence-corrected chi connectivity index (χ0v) is 26.7. The summed E-state index contributed by atoms with van der Waals surface area (Å²) in [7, 11) is 0. The Morgan fingerprint density at radius 2 is 1.63 bits per heavy atom. The molecule has 0 unspecified atom stereocenters. The number of pyridine rings is 1. The Hall–Kier alpha value is -3.34. The Morgan fingerprint density at radius 1 is 0.953 bits per heavy atom. The van der Waals surface area contributed by atoms with Crippen LogP contribution < -0.4 is 40.0 Å². The normalized spacial score (nSPS) is 12.4. The van der Waals surface area contributed by atoms with Gasteiger partial charge in [0.05, 0.1) is 17.9 Å². The predicted molar refractivity (Wildman–Crippen MR) is 156 cm³/mol. The number of rotatable bonds is 13. The molecule has 1 amide bonds. The van der Waals surface area contributed by atoms with Gasteiger partial charge in [0.1, 0.15) is 11.5 Å². The van der Waals surface area contributed by atoms with Gasteiger partial charge in [0.15, 0.2) is 0 Å². The maximum atomic E-state index is 14.0. The topological polar surface area (TPSA) is 128 Å². The van der Waals surface area contributed by atoms with Crippen LogP contribution in [0.1, 0.15) is 60.9 Å². The second kappa shape index (κ2) is 15.9. The number of carboxylic acids is 1. The fraction of sp³-hybridized carbons (Fsp3) is 0.303. The average Bonchev–Trinajstić information content (AvgIpc) is 3.31. The van der Waals surface area contributed by atoms with Crippen molar-refractivity contribution in [3.63, 3.8) is 0 Å². The largest absolute Gasteiger partial charge is 1.00 e. The number of aliphatic hydroxyl groups excluding tert-OH is 2. The molecule has 4 rings (SSSR count). The molecule has 0 fully saturated rings. The van der Waals surface area contributed by atoms with Crippen molar-refractivity contribution in [3.8, 4) is 22.4 Å². The number of aliphatic hydroxyl groups is 2. The zero-order valence-electron chi connectivity index (χ0n) is 24.7. The summed E-state index contributed by atoms with van der Waals surface area (Å²) in [5.74, 6) is -2.11. The van der Waals surface area contributed by atoms with Crippen LogP contribution in [0.2, 0.25) is 0 Å². The first-order valence-electron chi connectivity index (χ1n) is 14.0. The molecule has 0 saturated heterocycles. The number of halogens is 1. The number of aliphatic carboxylic acids is 1. The standard InChI is InChI=1S/C33H36FN3O5.Na/c1-21(2)37-28(16-15-25(38)18-26(39)19-29(40)41)30(23-11-13-24(34)14-12-23)31(27-10-6-7-17-35-27)32(37)33(42)36-20-22-8-4-3-5-9-22;/h3-14,17,21,25-26,38-39H,15-16,18-20H2,1-2H3,(H,36,42)(H,40,41);/q;+1/p-1/t25-,26-;/m1./s1. The van der Waals surface area contributed by atoms with Crippen molar-refractivity contribution in [2.24, 2.45) is 0 Å². The molecule has 2 aromatic carbocycles. The number of amides is 1. The summed E-state index contributed by atoms with van der Waals surface area (Å²) < 4.78 is 15.9. The monoisotopic (exact) mass is 595 g/mol. The molecular weight excluding hydrogens is 560 g/mol.